The molecule has 0 aromatic rings. The summed E-state index contributed by atoms with van der Waals surface area (Å²) in [4.78, 5) is 0. The van der Waals surface area contributed by atoms with Gasteiger partial charge in [-0.1, -0.05) is 0 Å². The number of rotatable bonds is 1. The third-order valence-electron chi connectivity index (χ3n) is 2.53. The first-order valence-electron chi connectivity index (χ1n) is 3.58. The fraction of sp³-hybridized carbons (Fsp3) is 1.00. The zero-order chi connectivity index (χ0) is 6.27. The first kappa shape index (κ1) is 8.61. The molecule has 0 radical (unpaired) electrons. The Morgan fingerprint density at radius 3 is 2.20 bits per heavy atom. The molecule has 1 saturated carbocycles. The van der Waals surface area contributed by atoms with Crippen molar-refractivity contribution in [2.24, 2.45) is 11.8 Å². The topological polar surface area (TPSA) is 23.3 Å². The summed E-state index contributed by atoms with van der Waals surface area (Å²) in [7, 11) is 1.81. The Morgan fingerprint density at radius 1 is 1.30 bits per heavy atom. The van der Waals surface area contributed by atoms with E-state index in [1.54, 1.807) is 0 Å². The zero-order valence-electron chi connectivity index (χ0n) is 6.71. The molecule has 3 rings (SSSR count). The summed E-state index contributed by atoms with van der Waals surface area (Å²) in [5, 5.41) is 4.33. The van der Waals surface area contributed by atoms with Gasteiger partial charge in [0.15, 0.2) is 0 Å². The van der Waals surface area contributed by atoms with E-state index >= 15 is 0 Å². The molecule has 0 N–H and O–H groups in total. The molecular formula is C7H12LiNO. The van der Waals surface area contributed by atoms with Crippen LogP contribution in [0.1, 0.15) is 6.42 Å². The summed E-state index contributed by atoms with van der Waals surface area (Å²) in [6.07, 6.45) is 1.92. The van der Waals surface area contributed by atoms with Crippen molar-refractivity contribution >= 4 is 0 Å². The number of hydrogen-bond donors (Lipinski definition) is 0. The van der Waals surface area contributed by atoms with Gasteiger partial charge in [-0.15, -0.1) is 13.1 Å². The van der Waals surface area contributed by atoms with E-state index < -0.39 is 0 Å². The van der Waals surface area contributed by atoms with Gasteiger partial charge in [-0.25, -0.2) is 0 Å². The monoisotopic (exact) mass is 133 g/mol. The second kappa shape index (κ2) is 3.28. The van der Waals surface area contributed by atoms with Gasteiger partial charge in [0.2, 0.25) is 0 Å². The molecule has 0 aromatic carbocycles. The number of nitrogens with zero attached hydrogens (tertiary/aromatic N) is 1. The van der Waals surface area contributed by atoms with E-state index in [4.69, 9.17) is 4.74 Å². The van der Waals surface area contributed by atoms with Gasteiger partial charge in [0.25, 0.3) is 0 Å². The molecule has 0 amide bonds. The van der Waals surface area contributed by atoms with Crippen molar-refractivity contribution in [3.63, 3.8) is 0 Å². The smallest absolute Gasteiger partial charge is 0.662 e. The first-order chi connectivity index (χ1) is 4.42. The van der Waals surface area contributed by atoms with E-state index in [9.17, 15) is 0 Å². The number of piperidine rings is 2. The van der Waals surface area contributed by atoms with Crippen molar-refractivity contribution < 1.29 is 23.6 Å². The van der Waals surface area contributed by atoms with Crippen LogP contribution in [0, 0.1) is 11.8 Å². The van der Waals surface area contributed by atoms with Crippen LogP contribution in [-0.2, 0) is 4.74 Å². The van der Waals surface area contributed by atoms with Crippen LogP contribution in [0.15, 0.2) is 0 Å². The van der Waals surface area contributed by atoms with Crippen LogP contribution < -0.4 is 18.9 Å². The number of fused-ring (bicyclic) bond motifs is 2. The number of methoxy groups -OCH3 is 1. The molecule has 2 bridgehead atoms. The van der Waals surface area contributed by atoms with Crippen LogP contribution in [-0.4, -0.2) is 26.3 Å². The van der Waals surface area contributed by atoms with Gasteiger partial charge in [0.1, 0.15) is 0 Å². The minimum absolute atomic E-state index is 0. The zero-order valence-corrected chi connectivity index (χ0v) is 6.71. The Morgan fingerprint density at radius 2 is 1.90 bits per heavy atom. The largest absolute Gasteiger partial charge is 1.00 e. The maximum atomic E-state index is 5.29. The predicted molar refractivity (Wildman–Crippen MR) is 35.5 cm³/mol. The van der Waals surface area contributed by atoms with Gasteiger partial charge in [-0.2, -0.15) is 0 Å². The van der Waals surface area contributed by atoms with Crippen molar-refractivity contribution in [2.45, 2.75) is 12.5 Å². The first-order valence-corrected chi connectivity index (χ1v) is 3.58. The Labute approximate surface area is 73.9 Å². The van der Waals surface area contributed by atoms with Crippen LogP contribution >= 0.6 is 0 Å². The van der Waals surface area contributed by atoms with E-state index in [1.807, 2.05) is 7.11 Å². The SMILES string of the molecule is COC1C2C[N-]CC1C2.[Li+]. The molecular weight excluding hydrogens is 121 g/mol. The average Bonchev–Trinajstić information content (AvgIpc) is 1.90. The van der Waals surface area contributed by atoms with Gasteiger partial charge in [-0.05, 0) is 18.3 Å². The van der Waals surface area contributed by atoms with Gasteiger partial charge in [-0.3, -0.25) is 0 Å². The van der Waals surface area contributed by atoms with Crippen LogP contribution in [0.4, 0.5) is 0 Å². The summed E-state index contributed by atoms with van der Waals surface area (Å²) >= 11 is 0. The molecule has 52 valence electrons. The van der Waals surface area contributed by atoms with Crippen molar-refractivity contribution in [3.05, 3.63) is 5.32 Å². The van der Waals surface area contributed by atoms with Crippen LogP contribution in [0.5, 0.6) is 0 Å². The van der Waals surface area contributed by atoms with E-state index in [-0.39, 0.29) is 18.9 Å². The Balaban J connectivity index is 0.000000500. The van der Waals surface area contributed by atoms with E-state index in [0.717, 1.165) is 24.9 Å². The fourth-order valence-electron chi connectivity index (χ4n) is 1.99. The molecule has 2 saturated heterocycles. The van der Waals surface area contributed by atoms with Gasteiger partial charge in [0, 0.05) is 7.11 Å². The van der Waals surface area contributed by atoms with Gasteiger partial charge in [0.05, 0.1) is 6.10 Å². The maximum absolute atomic E-state index is 5.29. The van der Waals surface area contributed by atoms with Crippen molar-refractivity contribution in [1.82, 2.24) is 0 Å². The van der Waals surface area contributed by atoms with Crippen LogP contribution in [0.2, 0.25) is 0 Å². The maximum Gasteiger partial charge on any atom is 1.00 e. The normalized spacial score (nSPS) is 43.5. The summed E-state index contributed by atoms with van der Waals surface area (Å²) < 4.78 is 5.29. The van der Waals surface area contributed by atoms with Crippen molar-refractivity contribution in [3.8, 4) is 0 Å². The number of ether oxygens (including phenoxy) is 1. The quantitative estimate of drug-likeness (QED) is 0.380. The summed E-state index contributed by atoms with van der Waals surface area (Å²) in [5.74, 6) is 1.54. The molecule has 3 fully saturated rings. The fourth-order valence-corrected chi connectivity index (χ4v) is 1.99. The Kier molecular flexibility index (Phi) is 2.82. The molecule has 2 nitrogen and oxygen atoms in total. The predicted octanol–water partition coefficient (Wildman–Crippen LogP) is -1.97. The Hall–Kier alpha value is 0.517. The van der Waals surface area contributed by atoms with Crippen LogP contribution in [0.25, 0.3) is 5.32 Å². The second-order valence-corrected chi connectivity index (χ2v) is 3.04. The van der Waals surface area contributed by atoms with E-state index in [1.165, 1.54) is 6.42 Å². The average molecular weight is 133 g/mol. The van der Waals surface area contributed by atoms with Crippen molar-refractivity contribution in [2.75, 3.05) is 20.2 Å². The number of hydrogen-bond acceptors (Lipinski definition) is 1. The molecule has 3 heteroatoms. The third kappa shape index (κ3) is 1.14. The molecule has 1 aliphatic carbocycles. The standard InChI is InChI=1S/C7H12NO.Li/c1-9-7-5-2-6(7)4-8-3-5;/h5-7H,2-4H2,1H3;/q-1;+1. The molecule has 2 aliphatic heterocycles. The molecule has 3 aliphatic rings. The summed E-state index contributed by atoms with van der Waals surface area (Å²) in [6, 6.07) is 0. The van der Waals surface area contributed by atoms with E-state index in [2.05, 4.69) is 5.32 Å². The minimum Gasteiger partial charge on any atom is -0.662 e. The summed E-state index contributed by atoms with van der Waals surface area (Å²) in [6.45, 7) is 2.10. The molecule has 0 spiro atoms. The minimum atomic E-state index is 0. The van der Waals surface area contributed by atoms with Crippen LogP contribution in [0.3, 0.4) is 0 Å². The molecule has 2 unspecified atom stereocenters. The molecule has 2 atom stereocenters. The van der Waals surface area contributed by atoms with E-state index in [0.29, 0.717) is 6.10 Å². The summed E-state index contributed by atoms with van der Waals surface area (Å²) in [5.41, 5.74) is 0. The Bertz CT molecular complexity index is 106. The molecule has 0 aromatic heterocycles. The molecule has 10 heavy (non-hydrogen) atoms. The molecule has 2 heterocycles. The second-order valence-electron chi connectivity index (χ2n) is 3.04. The van der Waals surface area contributed by atoms with Gasteiger partial charge < -0.3 is 10.1 Å². The van der Waals surface area contributed by atoms with Gasteiger partial charge >= 0.3 is 18.9 Å². The van der Waals surface area contributed by atoms with Crippen molar-refractivity contribution in [1.29, 1.82) is 0 Å². The third-order valence-corrected chi connectivity index (χ3v) is 2.53.